The molecule has 1 aliphatic rings. The average molecular weight is 346 g/mol. The molecule has 3 rings (SSSR count). The Morgan fingerprint density at radius 2 is 1.71 bits per heavy atom. The molecule has 4 nitrogen and oxygen atoms in total. The van der Waals surface area contributed by atoms with Gasteiger partial charge in [0, 0.05) is 17.7 Å². The number of nitrogens with one attached hydrogen (secondary N) is 1. The van der Waals surface area contributed by atoms with Gasteiger partial charge >= 0.3 is 0 Å². The molecule has 1 N–H and O–H groups in total. The quantitative estimate of drug-likeness (QED) is 0.859. The zero-order chi connectivity index (χ0) is 17.3. The van der Waals surface area contributed by atoms with E-state index >= 15 is 0 Å². The van der Waals surface area contributed by atoms with Crippen LogP contribution in [0.2, 0.25) is 5.02 Å². The predicted octanol–water partition coefficient (Wildman–Crippen LogP) is 4.68. The molecule has 0 unspecified atom stereocenters. The second kappa shape index (κ2) is 6.73. The number of carbonyl (C=O) groups is 1. The van der Waals surface area contributed by atoms with E-state index in [1.165, 1.54) is 5.56 Å². The third kappa shape index (κ3) is 3.34. The maximum atomic E-state index is 12.7. The number of fused-ring (bicyclic) bond motifs is 1. The minimum Gasteiger partial charge on any atom is -0.489 e. The fraction of sp³-hybridized carbons (Fsp3) is 0.316. The van der Waals surface area contributed by atoms with Gasteiger partial charge in [-0.2, -0.15) is 0 Å². The fourth-order valence-corrected chi connectivity index (χ4v) is 3.19. The summed E-state index contributed by atoms with van der Waals surface area (Å²) in [5, 5.41) is 3.36. The first-order chi connectivity index (χ1) is 11.5. The van der Waals surface area contributed by atoms with E-state index in [1.54, 1.807) is 12.1 Å². The Balaban J connectivity index is 1.91. The maximum absolute atomic E-state index is 12.7. The van der Waals surface area contributed by atoms with Gasteiger partial charge in [0.05, 0.1) is 18.2 Å². The highest BCUT2D eigenvalue weighted by atomic mass is 35.5. The fourth-order valence-electron chi connectivity index (χ4n) is 2.92. The zero-order valence-corrected chi connectivity index (χ0v) is 14.8. The van der Waals surface area contributed by atoms with Gasteiger partial charge in [-0.3, -0.25) is 4.79 Å². The zero-order valence-electron chi connectivity index (χ0n) is 14.0. The molecule has 24 heavy (non-hydrogen) atoms. The number of hydrogen-bond acceptors (Lipinski definition) is 3. The molecule has 1 heterocycles. The molecule has 0 saturated carbocycles. The largest absolute Gasteiger partial charge is 0.489 e. The molecule has 0 saturated heterocycles. The first kappa shape index (κ1) is 16.7. The number of rotatable bonds is 2. The van der Waals surface area contributed by atoms with Gasteiger partial charge in [-0.1, -0.05) is 29.3 Å². The number of anilines is 1. The highest BCUT2D eigenvalue weighted by Gasteiger charge is 2.19. The molecule has 1 aliphatic heterocycles. The van der Waals surface area contributed by atoms with Crippen LogP contribution in [0.1, 0.15) is 33.5 Å². The van der Waals surface area contributed by atoms with Crippen LogP contribution in [0.25, 0.3) is 0 Å². The van der Waals surface area contributed by atoms with Gasteiger partial charge in [-0.25, -0.2) is 0 Å². The minimum absolute atomic E-state index is 0.220. The second-order valence-corrected chi connectivity index (χ2v) is 6.47. The van der Waals surface area contributed by atoms with Crippen LogP contribution in [0.3, 0.4) is 0 Å². The predicted molar refractivity (Wildman–Crippen MR) is 95.7 cm³/mol. The molecule has 0 atom stereocenters. The molecule has 126 valence electrons. The van der Waals surface area contributed by atoms with E-state index in [4.69, 9.17) is 21.1 Å². The SMILES string of the molecule is Cc1cc(C)c(NC(=O)c2cc(Cl)c3c(c2)OCCCO3)c(C)c1. The van der Waals surface area contributed by atoms with Crippen LogP contribution in [-0.4, -0.2) is 19.1 Å². The molecule has 5 heteroatoms. The number of halogens is 1. The van der Waals surface area contributed by atoms with Crippen LogP contribution in [0.15, 0.2) is 24.3 Å². The number of hydrogen-bond donors (Lipinski definition) is 1. The van der Waals surface area contributed by atoms with Crippen molar-refractivity contribution >= 4 is 23.2 Å². The van der Waals surface area contributed by atoms with E-state index in [2.05, 4.69) is 5.32 Å². The van der Waals surface area contributed by atoms with Crippen LogP contribution in [0, 0.1) is 20.8 Å². The molecule has 0 fully saturated rings. The highest BCUT2D eigenvalue weighted by molar-refractivity contribution is 6.32. The van der Waals surface area contributed by atoms with Crippen LogP contribution >= 0.6 is 11.6 Å². The van der Waals surface area contributed by atoms with Gasteiger partial charge in [0.25, 0.3) is 5.91 Å². The van der Waals surface area contributed by atoms with Gasteiger partial charge in [0.15, 0.2) is 11.5 Å². The summed E-state index contributed by atoms with van der Waals surface area (Å²) in [7, 11) is 0. The number of carbonyl (C=O) groups excluding carboxylic acids is 1. The molecule has 0 aliphatic carbocycles. The molecule has 0 spiro atoms. The Kier molecular flexibility index (Phi) is 4.67. The Bertz CT molecular complexity index is 778. The highest BCUT2D eigenvalue weighted by Crippen LogP contribution is 2.38. The Labute approximate surface area is 146 Å². The topological polar surface area (TPSA) is 47.6 Å². The van der Waals surface area contributed by atoms with Crippen molar-refractivity contribution in [3.05, 3.63) is 51.5 Å². The summed E-state index contributed by atoms with van der Waals surface area (Å²) in [6, 6.07) is 7.39. The van der Waals surface area contributed by atoms with Crippen LogP contribution in [0.5, 0.6) is 11.5 Å². The third-order valence-electron chi connectivity index (χ3n) is 3.98. The minimum atomic E-state index is -0.220. The molecular weight excluding hydrogens is 326 g/mol. The second-order valence-electron chi connectivity index (χ2n) is 6.06. The van der Waals surface area contributed by atoms with Gasteiger partial charge in [0.1, 0.15) is 0 Å². The van der Waals surface area contributed by atoms with Gasteiger partial charge in [-0.05, 0) is 44.0 Å². The summed E-state index contributed by atoms with van der Waals surface area (Å²) in [6.07, 6.45) is 0.786. The molecule has 0 aromatic heterocycles. The standard InChI is InChI=1S/C19H20ClNO3/c1-11-7-12(2)17(13(3)8-11)21-19(22)14-9-15(20)18-16(10-14)23-5-4-6-24-18/h7-10H,4-6H2,1-3H3,(H,21,22). The van der Waals surface area contributed by atoms with Crippen molar-refractivity contribution in [1.29, 1.82) is 0 Å². The van der Waals surface area contributed by atoms with Crippen molar-refractivity contribution in [2.24, 2.45) is 0 Å². The van der Waals surface area contributed by atoms with Gasteiger partial charge in [0.2, 0.25) is 0 Å². The summed E-state index contributed by atoms with van der Waals surface area (Å²) in [5.41, 5.74) is 4.50. The Morgan fingerprint density at radius 1 is 1.04 bits per heavy atom. The third-order valence-corrected chi connectivity index (χ3v) is 4.26. The van der Waals surface area contributed by atoms with Crippen molar-refractivity contribution in [2.45, 2.75) is 27.2 Å². The lowest BCUT2D eigenvalue weighted by Gasteiger charge is -2.14. The molecule has 2 aromatic carbocycles. The maximum Gasteiger partial charge on any atom is 0.255 e. The van der Waals surface area contributed by atoms with Crippen molar-refractivity contribution in [3.8, 4) is 11.5 Å². The molecule has 1 amide bonds. The van der Waals surface area contributed by atoms with E-state index in [0.29, 0.717) is 35.3 Å². The summed E-state index contributed by atoms with van der Waals surface area (Å²) in [6.45, 7) is 7.10. The number of ether oxygens (including phenoxy) is 2. The van der Waals surface area contributed by atoms with Crippen molar-refractivity contribution in [3.63, 3.8) is 0 Å². The smallest absolute Gasteiger partial charge is 0.255 e. The molecule has 0 radical (unpaired) electrons. The van der Waals surface area contributed by atoms with Gasteiger partial charge < -0.3 is 14.8 Å². The summed E-state index contributed by atoms with van der Waals surface area (Å²) < 4.78 is 11.2. The normalized spacial score (nSPS) is 13.3. The van der Waals surface area contributed by atoms with E-state index in [1.807, 2.05) is 32.9 Å². The summed E-state index contributed by atoms with van der Waals surface area (Å²) in [5.74, 6) is 0.804. The molecule has 2 aromatic rings. The van der Waals surface area contributed by atoms with Crippen LogP contribution in [-0.2, 0) is 0 Å². The summed E-state index contributed by atoms with van der Waals surface area (Å²) >= 11 is 6.27. The van der Waals surface area contributed by atoms with E-state index in [-0.39, 0.29) is 5.91 Å². The monoisotopic (exact) mass is 345 g/mol. The number of aryl methyl sites for hydroxylation is 3. The molecule has 0 bridgehead atoms. The first-order valence-electron chi connectivity index (χ1n) is 7.94. The van der Waals surface area contributed by atoms with Gasteiger partial charge in [-0.15, -0.1) is 0 Å². The van der Waals surface area contributed by atoms with Crippen LogP contribution in [0.4, 0.5) is 5.69 Å². The lowest BCUT2D eigenvalue weighted by molar-refractivity contribution is 0.102. The number of benzene rings is 2. The van der Waals surface area contributed by atoms with Crippen molar-refractivity contribution < 1.29 is 14.3 Å². The van der Waals surface area contributed by atoms with Crippen molar-refractivity contribution in [2.75, 3.05) is 18.5 Å². The first-order valence-corrected chi connectivity index (χ1v) is 8.32. The Hall–Kier alpha value is -2.20. The van der Waals surface area contributed by atoms with Crippen LogP contribution < -0.4 is 14.8 Å². The van der Waals surface area contributed by atoms with Crippen molar-refractivity contribution in [1.82, 2.24) is 0 Å². The lowest BCUT2D eigenvalue weighted by Crippen LogP contribution is -2.14. The molecular formula is C19H20ClNO3. The van der Waals surface area contributed by atoms with E-state index in [0.717, 1.165) is 23.2 Å². The van der Waals surface area contributed by atoms with E-state index < -0.39 is 0 Å². The number of amides is 1. The average Bonchev–Trinajstić information content (AvgIpc) is 2.76. The Morgan fingerprint density at radius 3 is 2.42 bits per heavy atom. The van der Waals surface area contributed by atoms with E-state index in [9.17, 15) is 4.79 Å². The lowest BCUT2D eigenvalue weighted by atomic mass is 10.0. The summed E-state index contributed by atoms with van der Waals surface area (Å²) in [4.78, 5) is 12.7.